The molecule has 0 saturated heterocycles. The van der Waals surface area contributed by atoms with Crippen LogP contribution in [-0.2, 0) is 26.0 Å². The van der Waals surface area contributed by atoms with E-state index in [0.717, 1.165) is 5.39 Å². The number of ether oxygens (including phenoxy) is 2. The minimum Gasteiger partial charge on any atom is -0.461 e. The monoisotopic (exact) mass is 410 g/mol. The number of carbonyl (C=O) groups is 1. The van der Waals surface area contributed by atoms with E-state index < -0.39 is 15.8 Å². The number of hydrogen-bond donors (Lipinski definition) is 0. The smallest absolute Gasteiger partial charge is 0.302 e. The van der Waals surface area contributed by atoms with Crippen molar-refractivity contribution in [2.24, 2.45) is 0 Å². The summed E-state index contributed by atoms with van der Waals surface area (Å²) < 4.78 is 34.8. The lowest BCUT2D eigenvalue weighted by Gasteiger charge is -2.12. The Hall–Kier alpha value is -3.44. The number of fused-ring (bicyclic) bond motifs is 1. The number of nitriles is 1. The van der Waals surface area contributed by atoms with Crippen LogP contribution in [0.25, 0.3) is 10.8 Å². The van der Waals surface area contributed by atoms with Gasteiger partial charge in [0.25, 0.3) is 0 Å². The van der Waals surface area contributed by atoms with E-state index in [4.69, 9.17) is 9.47 Å². The van der Waals surface area contributed by atoms with E-state index in [1.165, 1.54) is 25.3 Å². The molecule has 8 heteroatoms. The van der Waals surface area contributed by atoms with Crippen LogP contribution in [0.2, 0.25) is 0 Å². The van der Waals surface area contributed by atoms with Crippen LogP contribution in [0.4, 0.5) is 0 Å². The van der Waals surface area contributed by atoms with Crippen molar-refractivity contribution in [3.8, 4) is 17.7 Å². The molecule has 0 aliphatic rings. The average Bonchev–Trinajstić information content (AvgIpc) is 2.72. The first-order valence-electron chi connectivity index (χ1n) is 8.79. The summed E-state index contributed by atoms with van der Waals surface area (Å²) >= 11 is 0. The molecule has 0 unspecified atom stereocenters. The van der Waals surface area contributed by atoms with Gasteiger partial charge in [-0.3, -0.25) is 4.79 Å². The predicted molar refractivity (Wildman–Crippen MR) is 106 cm³/mol. The molecule has 1 aromatic heterocycles. The molecule has 0 amide bonds. The third-order valence-electron chi connectivity index (χ3n) is 4.21. The Balaban J connectivity index is 2.01. The molecule has 29 heavy (non-hydrogen) atoms. The second-order valence-electron chi connectivity index (χ2n) is 6.26. The van der Waals surface area contributed by atoms with Crippen LogP contribution in [0.5, 0.6) is 11.6 Å². The second kappa shape index (κ2) is 8.29. The quantitative estimate of drug-likeness (QED) is 0.570. The third-order valence-corrected chi connectivity index (χ3v) is 5.93. The lowest BCUT2D eigenvalue weighted by Crippen LogP contribution is -2.04. The molecule has 3 rings (SSSR count). The van der Waals surface area contributed by atoms with Crippen LogP contribution in [0.1, 0.15) is 25.0 Å². The van der Waals surface area contributed by atoms with Crippen LogP contribution in [0.15, 0.2) is 53.6 Å². The molecule has 0 fully saturated rings. The van der Waals surface area contributed by atoms with Crippen molar-refractivity contribution >= 4 is 26.6 Å². The lowest BCUT2D eigenvalue weighted by atomic mass is 10.0. The Kier molecular flexibility index (Phi) is 5.80. The van der Waals surface area contributed by atoms with Gasteiger partial charge in [-0.1, -0.05) is 13.0 Å². The van der Waals surface area contributed by atoms with Gasteiger partial charge in [0.1, 0.15) is 12.4 Å². The first-order valence-corrected chi connectivity index (χ1v) is 10.4. The SMILES string of the molecule is CCS(=O)(=O)c1ccc(Oc2cc(COC(C)=O)cc3ccc(C#N)cc23)nc1. The summed E-state index contributed by atoms with van der Waals surface area (Å²) in [7, 11) is -3.36. The normalized spacial score (nSPS) is 11.1. The Morgan fingerprint density at radius 3 is 2.59 bits per heavy atom. The fraction of sp³-hybridized carbons (Fsp3) is 0.190. The van der Waals surface area contributed by atoms with Gasteiger partial charge in [0.15, 0.2) is 9.84 Å². The molecule has 7 nitrogen and oxygen atoms in total. The number of benzene rings is 2. The van der Waals surface area contributed by atoms with Gasteiger partial charge in [-0.15, -0.1) is 0 Å². The lowest BCUT2D eigenvalue weighted by molar-refractivity contribution is -0.142. The minimum atomic E-state index is -3.36. The van der Waals surface area contributed by atoms with Gasteiger partial charge in [-0.25, -0.2) is 13.4 Å². The molecule has 148 valence electrons. The standard InChI is InChI=1S/C21H18N2O5S/c1-3-29(25,26)18-6-7-21(23-12-18)28-20-10-16(13-27-14(2)24)8-17-5-4-15(11-22)9-19(17)20/h4-10,12H,3,13H2,1-2H3. The zero-order chi connectivity index (χ0) is 21.0. The maximum atomic E-state index is 11.9. The highest BCUT2D eigenvalue weighted by Crippen LogP contribution is 2.32. The van der Waals surface area contributed by atoms with Crippen LogP contribution >= 0.6 is 0 Å². The molecular weight excluding hydrogens is 392 g/mol. The number of esters is 1. The highest BCUT2D eigenvalue weighted by Gasteiger charge is 2.13. The number of rotatable bonds is 6. The number of carbonyl (C=O) groups excluding carboxylic acids is 1. The van der Waals surface area contributed by atoms with E-state index >= 15 is 0 Å². The number of hydrogen-bond acceptors (Lipinski definition) is 7. The van der Waals surface area contributed by atoms with E-state index in [1.54, 1.807) is 31.2 Å². The summed E-state index contributed by atoms with van der Waals surface area (Å²) in [6, 6.07) is 13.7. The molecule has 0 aliphatic carbocycles. The van der Waals surface area contributed by atoms with E-state index in [-0.39, 0.29) is 23.1 Å². The predicted octanol–water partition coefficient (Wildman–Crippen LogP) is 3.76. The largest absolute Gasteiger partial charge is 0.461 e. The van der Waals surface area contributed by atoms with Crippen molar-refractivity contribution < 1.29 is 22.7 Å². The molecule has 2 aromatic carbocycles. The van der Waals surface area contributed by atoms with Gasteiger partial charge in [0, 0.05) is 24.6 Å². The highest BCUT2D eigenvalue weighted by molar-refractivity contribution is 7.91. The van der Waals surface area contributed by atoms with Gasteiger partial charge in [0.2, 0.25) is 5.88 Å². The van der Waals surface area contributed by atoms with E-state index in [0.29, 0.717) is 22.3 Å². The fourth-order valence-corrected chi connectivity index (χ4v) is 3.52. The molecule has 1 heterocycles. The zero-order valence-corrected chi connectivity index (χ0v) is 16.7. The second-order valence-corrected chi connectivity index (χ2v) is 8.54. The summed E-state index contributed by atoms with van der Waals surface area (Å²) in [4.78, 5) is 15.3. The summed E-state index contributed by atoms with van der Waals surface area (Å²) in [6.45, 7) is 2.96. The van der Waals surface area contributed by atoms with Crippen LogP contribution in [-0.4, -0.2) is 25.1 Å². The van der Waals surface area contributed by atoms with Crippen molar-refractivity contribution in [2.75, 3.05) is 5.75 Å². The van der Waals surface area contributed by atoms with Crippen molar-refractivity contribution in [1.29, 1.82) is 5.26 Å². The molecule has 0 bridgehead atoms. The van der Waals surface area contributed by atoms with E-state index in [9.17, 15) is 18.5 Å². The van der Waals surface area contributed by atoms with Gasteiger partial charge < -0.3 is 9.47 Å². The van der Waals surface area contributed by atoms with Crippen LogP contribution < -0.4 is 4.74 Å². The Morgan fingerprint density at radius 1 is 1.17 bits per heavy atom. The van der Waals surface area contributed by atoms with Crippen molar-refractivity contribution in [2.45, 2.75) is 25.3 Å². The first kappa shape index (κ1) is 20.3. The molecular formula is C21H18N2O5S. The van der Waals surface area contributed by atoms with Gasteiger partial charge in [-0.2, -0.15) is 5.26 Å². The molecule has 0 aliphatic heterocycles. The molecule has 0 radical (unpaired) electrons. The number of aromatic nitrogens is 1. The molecule has 3 aromatic rings. The molecule has 0 atom stereocenters. The molecule has 0 N–H and O–H groups in total. The van der Waals surface area contributed by atoms with Crippen molar-refractivity contribution in [3.05, 3.63) is 59.8 Å². The van der Waals surface area contributed by atoms with E-state index in [1.807, 2.05) is 6.07 Å². The van der Waals surface area contributed by atoms with Gasteiger partial charge >= 0.3 is 5.97 Å². The maximum Gasteiger partial charge on any atom is 0.302 e. The zero-order valence-electron chi connectivity index (χ0n) is 15.9. The van der Waals surface area contributed by atoms with Crippen LogP contribution in [0, 0.1) is 11.3 Å². The van der Waals surface area contributed by atoms with Crippen molar-refractivity contribution in [3.63, 3.8) is 0 Å². The summed E-state index contributed by atoms with van der Waals surface area (Å²) in [5.41, 5.74) is 1.17. The first-order chi connectivity index (χ1) is 13.8. The summed E-state index contributed by atoms with van der Waals surface area (Å²) in [5, 5.41) is 10.7. The van der Waals surface area contributed by atoms with Gasteiger partial charge in [-0.05, 0) is 41.3 Å². The molecule has 0 saturated carbocycles. The maximum absolute atomic E-state index is 11.9. The number of pyridine rings is 1. The fourth-order valence-electron chi connectivity index (χ4n) is 2.70. The van der Waals surface area contributed by atoms with Crippen molar-refractivity contribution in [1.82, 2.24) is 4.98 Å². The summed E-state index contributed by atoms with van der Waals surface area (Å²) in [6.07, 6.45) is 1.25. The number of nitrogens with zero attached hydrogens (tertiary/aromatic N) is 2. The third kappa shape index (κ3) is 4.70. The van der Waals surface area contributed by atoms with E-state index in [2.05, 4.69) is 11.1 Å². The minimum absolute atomic E-state index is 0.0192. The topological polar surface area (TPSA) is 106 Å². The Labute approximate surface area is 168 Å². The highest BCUT2D eigenvalue weighted by atomic mass is 32.2. The van der Waals surface area contributed by atoms with Crippen LogP contribution in [0.3, 0.4) is 0 Å². The Morgan fingerprint density at radius 2 is 1.97 bits per heavy atom. The number of sulfone groups is 1. The summed E-state index contributed by atoms with van der Waals surface area (Å²) in [5.74, 6) is 0.199. The average molecular weight is 410 g/mol. The Bertz CT molecular complexity index is 1210. The van der Waals surface area contributed by atoms with Gasteiger partial charge in [0.05, 0.1) is 22.3 Å². The molecule has 0 spiro atoms.